The highest BCUT2D eigenvalue weighted by Crippen LogP contribution is 2.23. The molecule has 0 aliphatic rings. The van der Waals surface area contributed by atoms with Gasteiger partial charge in [-0.15, -0.1) is 0 Å². The Kier molecular flexibility index (Phi) is 6.86. The highest BCUT2D eigenvalue weighted by molar-refractivity contribution is 7.89. The molecular weight excluding hydrogens is 448 g/mol. The van der Waals surface area contributed by atoms with Crippen molar-refractivity contribution in [3.63, 3.8) is 0 Å². The van der Waals surface area contributed by atoms with Gasteiger partial charge in [0.05, 0.1) is 12.0 Å². The van der Waals surface area contributed by atoms with Gasteiger partial charge in [-0.25, -0.2) is 8.42 Å². The molecule has 176 valence electrons. The number of H-pyrrole nitrogens is 1. The minimum absolute atomic E-state index is 0.0517. The van der Waals surface area contributed by atoms with Crippen LogP contribution in [0.15, 0.2) is 82.5 Å². The van der Waals surface area contributed by atoms with E-state index in [1.54, 1.807) is 49.6 Å². The minimum atomic E-state index is -3.86. The molecule has 0 aliphatic carbocycles. The minimum Gasteiger partial charge on any atom is -0.497 e. The molecule has 0 saturated heterocycles. The maximum atomic E-state index is 13.6. The molecule has 0 bridgehead atoms. The fourth-order valence-electron chi connectivity index (χ4n) is 3.85. The second-order valence-corrected chi connectivity index (χ2v) is 10.3. The smallest absolute Gasteiger partial charge is 0.252 e. The molecule has 0 unspecified atom stereocenters. The van der Waals surface area contributed by atoms with Crippen molar-refractivity contribution in [1.29, 1.82) is 0 Å². The van der Waals surface area contributed by atoms with Crippen LogP contribution in [0, 0.1) is 6.92 Å². The molecule has 0 saturated carbocycles. The Labute approximate surface area is 199 Å². The van der Waals surface area contributed by atoms with Crippen LogP contribution in [0.25, 0.3) is 10.9 Å². The first kappa shape index (κ1) is 23.7. The van der Waals surface area contributed by atoms with Crippen LogP contribution in [0.3, 0.4) is 0 Å². The zero-order valence-corrected chi connectivity index (χ0v) is 20.4. The summed E-state index contributed by atoms with van der Waals surface area (Å²) in [6, 6.07) is 21.7. The molecule has 0 spiro atoms. The van der Waals surface area contributed by atoms with Gasteiger partial charge in [-0.3, -0.25) is 4.79 Å². The summed E-state index contributed by atoms with van der Waals surface area (Å²) in [5.41, 5.74) is 3.74. The van der Waals surface area contributed by atoms with Crippen molar-refractivity contribution in [2.45, 2.75) is 38.3 Å². The molecule has 7 heteroatoms. The molecule has 0 atom stereocenters. The first-order chi connectivity index (χ1) is 16.3. The van der Waals surface area contributed by atoms with Crippen LogP contribution in [0.1, 0.15) is 29.2 Å². The van der Waals surface area contributed by atoms with Crippen molar-refractivity contribution >= 4 is 20.9 Å². The van der Waals surface area contributed by atoms with Gasteiger partial charge in [-0.1, -0.05) is 42.8 Å². The second kappa shape index (κ2) is 9.83. The van der Waals surface area contributed by atoms with Gasteiger partial charge in [0.25, 0.3) is 5.56 Å². The van der Waals surface area contributed by atoms with Crippen LogP contribution in [-0.4, -0.2) is 24.8 Å². The van der Waals surface area contributed by atoms with Crippen LogP contribution < -0.4 is 10.3 Å². The molecule has 0 amide bonds. The van der Waals surface area contributed by atoms with E-state index in [1.807, 2.05) is 37.3 Å². The number of aromatic amines is 1. The number of ether oxygens (including phenoxy) is 1. The van der Waals surface area contributed by atoms with Gasteiger partial charge in [0.15, 0.2) is 0 Å². The molecule has 34 heavy (non-hydrogen) atoms. The van der Waals surface area contributed by atoms with Gasteiger partial charge in [0.2, 0.25) is 10.0 Å². The van der Waals surface area contributed by atoms with E-state index in [4.69, 9.17) is 4.74 Å². The number of rotatable bonds is 8. The van der Waals surface area contributed by atoms with Crippen molar-refractivity contribution in [3.05, 3.63) is 105 Å². The number of hydrogen-bond donors (Lipinski definition) is 1. The number of benzene rings is 3. The quantitative estimate of drug-likeness (QED) is 0.396. The number of nitrogens with one attached hydrogen (secondary N) is 1. The molecular formula is C27H28N2O4S. The summed E-state index contributed by atoms with van der Waals surface area (Å²) in [6.07, 6.45) is 0.871. The zero-order chi connectivity index (χ0) is 24.3. The Balaban J connectivity index is 1.76. The predicted molar refractivity (Wildman–Crippen MR) is 135 cm³/mol. The Hall–Kier alpha value is -3.42. The molecule has 0 radical (unpaired) electrons. The summed E-state index contributed by atoms with van der Waals surface area (Å²) in [5, 5.41) is 0.881. The van der Waals surface area contributed by atoms with E-state index in [9.17, 15) is 13.2 Å². The van der Waals surface area contributed by atoms with E-state index in [0.29, 0.717) is 11.3 Å². The maximum absolute atomic E-state index is 13.6. The molecule has 3 aromatic carbocycles. The second-order valence-electron chi connectivity index (χ2n) is 8.33. The number of hydrogen-bond acceptors (Lipinski definition) is 4. The lowest BCUT2D eigenvalue weighted by molar-refractivity contribution is 0.398. The van der Waals surface area contributed by atoms with Crippen LogP contribution in [-0.2, 0) is 29.5 Å². The number of fused-ring (bicyclic) bond motifs is 1. The molecule has 1 aromatic heterocycles. The monoisotopic (exact) mass is 476 g/mol. The van der Waals surface area contributed by atoms with Crippen molar-refractivity contribution in [3.8, 4) is 5.75 Å². The Morgan fingerprint density at radius 2 is 1.56 bits per heavy atom. The SMILES string of the molecule is CCc1ccc2[nH]c(=O)c(CN(Cc3ccc(OC)cc3)S(=O)(=O)c3ccc(C)cc3)cc2c1. The number of nitrogens with zero attached hydrogens (tertiary/aromatic N) is 1. The number of methoxy groups -OCH3 is 1. The zero-order valence-electron chi connectivity index (χ0n) is 19.5. The third kappa shape index (κ3) is 5.05. The first-order valence-electron chi connectivity index (χ1n) is 11.1. The van der Waals surface area contributed by atoms with E-state index >= 15 is 0 Å². The topological polar surface area (TPSA) is 79.5 Å². The molecule has 6 nitrogen and oxygen atoms in total. The van der Waals surface area contributed by atoms with Gasteiger partial charge in [-0.05, 0) is 72.3 Å². The van der Waals surface area contributed by atoms with E-state index < -0.39 is 10.0 Å². The van der Waals surface area contributed by atoms with E-state index in [-0.39, 0.29) is 23.5 Å². The standard InChI is InChI=1S/C27H28N2O4S/c1-4-20-9-14-26-22(15-20)16-23(27(30)28-26)18-29(17-21-7-10-24(33-3)11-8-21)34(31,32)25-12-5-19(2)6-13-25/h5-16H,4,17-18H2,1-3H3,(H,28,30). The van der Waals surface area contributed by atoms with Crippen molar-refractivity contribution in [2.75, 3.05) is 7.11 Å². The molecule has 1 heterocycles. The lowest BCUT2D eigenvalue weighted by atomic mass is 10.1. The Morgan fingerprint density at radius 1 is 0.882 bits per heavy atom. The third-order valence-corrected chi connectivity index (χ3v) is 7.72. The number of sulfonamides is 1. The fourth-order valence-corrected chi connectivity index (χ4v) is 5.25. The highest BCUT2D eigenvalue weighted by atomic mass is 32.2. The molecule has 4 rings (SSSR count). The Morgan fingerprint density at radius 3 is 2.21 bits per heavy atom. The van der Waals surface area contributed by atoms with Crippen LogP contribution in [0.4, 0.5) is 0 Å². The van der Waals surface area contributed by atoms with Gasteiger partial charge in [0.1, 0.15) is 5.75 Å². The lowest BCUT2D eigenvalue weighted by Crippen LogP contribution is -2.32. The fraction of sp³-hybridized carbons (Fsp3) is 0.222. The first-order valence-corrected chi connectivity index (χ1v) is 12.6. The van der Waals surface area contributed by atoms with Crippen molar-refractivity contribution in [2.24, 2.45) is 0 Å². The van der Waals surface area contributed by atoms with E-state index in [1.165, 1.54) is 4.31 Å². The average Bonchev–Trinajstić information content (AvgIpc) is 2.84. The van der Waals surface area contributed by atoms with E-state index in [0.717, 1.165) is 34.0 Å². The summed E-state index contributed by atoms with van der Waals surface area (Å²) < 4.78 is 33.8. The number of aromatic nitrogens is 1. The third-order valence-electron chi connectivity index (χ3n) is 5.92. The summed E-state index contributed by atoms with van der Waals surface area (Å²) in [7, 11) is -2.28. The molecule has 1 N–H and O–H groups in total. The van der Waals surface area contributed by atoms with Gasteiger partial charge in [-0.2, -0.15) is 4.31 Å². The summed E-state index contributed by atoms with van der Waals surface area (Å²) >= 11 is 0. The van der Waals surface area contributed by atoms with Crippen LogP contribution in [0.2, 0.25) is 0 Å². The largest absolute Gasteiger partial charge is 0.497 e. The van der Waals surface area contributed by atoms with Gasteiger partial charge >= 0.3 is 0 Å². The van der Waals surface area contributed by atoms with Crippen molar-refractivity contribution < 1.29 is 13.2 Å². The molecule has 0 aliphatic heterocycles. The summed E-state index contributed by atoms with van der Waals surface area (Å²) in [4.78, 5) is 16.0. The number of pyridine rings is 1. The average molecular weight is 477 g/mol. The van der Waals surface area contributed by atoms with Crippen molar-refractivity contribution in [1.82, 2.24) is 9.29 Å². The number of aryl methyl sites for hydroxylation is 2. The predicted octanol–water partition coefficient (Wildman–Crippen LogP) is 4.80. The summed E-state index contributed by atoms with van der Waals surface area (Å²) in [5.74, 6) is 0.689. The van der Waals surface area contributed by atoms with Gasteiger partial charge < -0.3 is 9.72 Å². The molecule has 4 aromatic rings. The van der Waals surface area contributed by atoms with Crippen LogP contribution in [0.5, 0.6) is 5.75 Å². The normalized spacial score (nSPS) is 11.8. The Bertz CT molecular complexity index is 1460. The maximum Gasteiger partial charge on any atom is 0.252 e. The van der Waals surface area contributed by atoms with Crippen LogP contribution >= 0.6 is 0 Å². The lowest BCUT2D eigenvalue weighted by Gasteiger charge is -2.23. The summed E-state index contributed by atoms with van der Waals surface area (Å²) in [6.45, 7) is 4.04. The van der Waals surface area contributed by atoms with Gasteiger partial charge in [0, 0.05) is 24.2 Å². The highest BCUT2D eigenvalue weighted by Gasteiger charge is 2.26. The van der Waals surface area contributed by atoms with E-state index in [2.05, 4.69) is 11.9 Å². The molecule has 0 fully saturated rings.